The molecular weight excluding hydrogens is 931 g/mol. The van der Waals surface area contributed by atoms with Crippen LogP contribution in [0.25, 0.3) is 66.1 Å². The Morgan fingerprint density at radius 1 is 0.532 bits per heavy atom. The minimum absolute atomic E-state index is 0. The molecule has 7 aromatic carbocycles. The van der Waals surface area contributed by atoms with E-state index in [2.05, 4.69) is 150 Å². The Hall–Kier alpha value is -5.63. The molecule has 7 heteroatoms. The van der Waals surface area contributed by atoms with Crippen molar-refractivity contribution in [1.29, 1.82) is 0 Å². The molecule has 0 amide bonds. The fourth-order valence-electron chi connectivity index (χ4n) is 9.80. The quantitative estimate of drug-likeness (QED) is 0.0620. The van der Waals surface area contributed by atoms with Gasteiger partial charge in [-0.1, -0.05) is 97.4 Å². The molecule has 10 rings (SSSR count). The van der Waals surface area contributed by atoms with E-state index in [-0.39, 0.29) is 58.5 Å². The van der Waals surface area contributed by atoms with Crippen LogP contribution in [0.1, 0.15) is 54.7 Å². The first kappa shape index (κ1) is 44.4. The fraction of sp³-hybridized carbons (Fsp3) is 0.200. The number of hydrogen-bond donors (Lipinski definition) is 2. The number of aryl methyl sites for hydroxylation is 2. The molecule has 2 unspecified atom stereocenters. The monoisotopic (exact) mass is 988 g/mol. The van der Waals surface area contributed by atoms with Crippen molar-refractivity contribution < 1.29 is 45.5 Å². The van der Waals surface area contributed by atoms with Gasteiger partial charge in [-0.05, 0) is 86.3 Å². The van der Waals surface area contributed by atoms with Gasteiger partial charge in [-0.2, -0.15) is 0 Å². The summed E-state index contributed by atoms with van der Waals surface area (Å²) in [6.07, 6.45) is 5.25. The second kappa shape index (κ2) is 18.8. The normalized spacial score (nSPS) is 15.0. The maximum Gasteiger partial charge on any atom is 0.262 e. The minimum atomic E-state index is 0. The van der Waals surface area contributed by atoms with Gasteiger partial charge in [0.15, 0.2) is 19.3 Å². The van der Waals surface area contributed by atoms with Crippen LogP contribution in [-0.2, 0) is 25.8 Å². The SMILES string of the molecule is Cc1cc(-c2ccccc2[OH+]CCC[OH+]C2CCCCC2c2cc(C)cc(-n3c4ccccc4c4ccccc43)c2O)c(O)c(-n2c3ccccc3c3ccccc32)c1.[CH3-].[CH3-].[Hf]. The van der Waals surface area contributed by atoms with Gasteiger partial charge in [-0.25, -0.2) is 0 Å². The second-order valence-corrected chi connectivity index (χ2v) is 16.3. The summed E-state index contributed by atoms with van der Waals surface area (Å²) in [5.41, 5.74) is 10.8. The molecule has 2 heterocycles. The van der Waals surface area contributed by atoms with Crippen LogP contribution < -0.4 is 0 Å². The van der Waals surface area contributed by atoms with Crippen LogP contribution in [0.2, 0.25) is 0 Å². The van der Waals surface area contributed by atoms with Crippen molar-refractivity contribution in [3.8, 4) is 39.8 Å². The number of ether oxygens (including phenoxy) is 2. The predicted molar refractivity (Wildman–Crippen MR) is 256 cm³/mol. The van der Waals surface area contributed by atoms with Gasteiger partial charge >= 0.3 is 0 Å². The third-order valence-corrected chi connectivity index (χ3v) is 12.4. The third-order valence-electron chi connectivity index (χ3n) is 12.4. The van der Waals surface area contributed by atoms with Crippen LogP contribution >= 0.6 is 0 Å². The van der Waals surface area contributed by atoms with Gasteiger partial charge in [-0.15, -0.1) is 0 Å². The number of benzene rings is 7. The molecule has 0 saturated heterocycles. The average molecular weight is 988 g/mol. The Kier molecular flexibility index (Phi) is 13.5. The van der Waals surface area contributed by atoms with E-state index in [1.54, 1.807) is 0 Å². The summed E-state index contributed by atoms with van der Waals surface area (Å²) in [5.74, 6) is 1.62. The Labute approximate surface area is 384 Å². The van der Waals surface area contributed by atoms with E-state index in [0.29, 0.717) is 19.0 Å². The smallest absolute Gasteiger partial charge is 0.262 e. The molecule has 2 atom stereocenters. The second-order valence-electron chi connectivity index (χ2n) is 16.3. The molecule has 1 saturated carbocycles. The van der Waals surface area contributed by atoms with Crippen molar-refractivity contribution in [2.75, 3.05) is 13.2 Å². The summed E-state index contributed by atoms with van der Waals surface area (Å²) in [6, 6.07) is 50.3. The molecule has 0 aliphatic heterocycles. The van der Waals surface area contributed by atoms with E-state index in [9.17, 15) is 10.2 Å². The van der Waals surface area contributed by atoms with Crippen molar-refractivity contribution in [2.24, 2.45) is 0 Å². The van der Waals surface area contributed by atoms with E-state index in [0.717, 1.165) is 110 Å². The summed E-state index contributed by atoms with van der Waals surface area (Å²) in [7, 11) is 0. The predicted octanol–water partition coefficient (Wildman–Crippen LogP) is 13.4. The molecule has 1 fully saturated rings. The van der Waals surface area contributed by atoms with Crippen molar-refractivity contribution in [1.82, 2.24) is 9.13 Å². The summed E-state index contributed by atoms with van der Waals surface area (Å²) in [4.78, 5) is 0. The maximum absolute atomic E-state index is 12.1. The van der Waals surface area contributed by atoms with E-state index < -0.39 is 0 Å². The summed E-state index contributed by atoms with van der Waals surface area (Å²) < 4.78 is 14.8. The van der Waals surface area contributed by atoms with Crippen LogP contribution in [0.15, 0.2) is 146 Å². The largest absolute Gasteiger partial charge is 0.582 e. The number of hydrogen-bond acceptors (Lipinski definition) is 2. The number of phenolic OH excluding ortho intramolecular Hbond substituents is 2. The number of fused-ring (bicyclic) bond motifs is 6. The molecule has 6 nitrogen and oxygen atoms in total. The third kappa shape index (κ3) is 7.86. The number of aliphatic hydroxyl groups is 3. The van der Waals surface area contributed by atoms with Gasteiger partial charge in [0, 0.05) is 71.0 Å². The van der Waals surface area contributed by atoms with E-state index in [1.165, 1.54) is 10.8 Å². The molecule has 0 bridgehead atoms. The summed E-state index contributed by atoms with van der Waals surface area (Å²) >= 11 is 0. The Balaban J connectivity index is 0.00000193. The van der Waals surface area contributed by atoms with Gasteiger partial charge in [0.05, 0.1) is 51.3 Å². The topological polar surface area (TPSA) is 75.9 Å². The zero-order valence-electron chi connectivity index (χ0n) is 36.1. The molecule has 0 radical (unpaired) electrons. The summed E-state index contributed by atoms with van der Waals surface area (Å²) in [5, 5.41) is 28.9. The zero-order chi connectivity index (χ0) is 40.0. The number of rotatable bonds is 10. The summed E-state index contributed by atoms with van der Waals surface area (Å²) in [6.45, 7) is 5.54. The number of aromatic hydroxyl groups is 3. The fourth-order valence-corrected chi connectivity index (χ4v) is 9.80. The number of para-hydroxylation sites is 5. The Bertz CT molecular complexity index is 2910. The van der Waals surface area contributed by atoms with Crippen LogP contribution in [0.3, 0.4) is 0 Å². The van der Waals surface area contributed by atoms with Crippen molar-refractivity contribution in [2.45, 2.75) is 58.0 Å². The van der Waals surface area contributed by atoms with Gasteiger partial charge < -0.3 is 43.7 Å². The number of aromatic nitrogens is 2. The maximum atomic E-state index is 12.1. The standard InChI is InChI=1S/C53H48N2O4.2CH3.Hf/c1-34-30-42(52(56)48(32-34)54-44-22-9-3-16-36(44)37-17-4-10-23-45(37)54)40-20-7-13-26-50(40)58-28-15-29-59-51-27-14-8-21-41(51)43-31-35(2)33-49(53(43)57)55-46-24-11-5-18-38(46)39-19-6-12-25-47(39)55;;;/h3-7,9-13,16-20,22-26,30-33,41,51,56-57H,8,14-15,21,27-29H2,1-2H3;2*1H3;/q;2*-1;/p+2. The first-order valence-corrected chi connectivity index (χ1v) is 21.0. The van der Waals surface area contributed by atoms with Gasteiger partial charge in [0.2, 0.25) is 0 Å². The van der Waals surface area contributed by atoms with Crippen molar-refractivity contribution in [3.63, 3.8) is 0 Å². The van der Waals surface area contributed by atoms with E-state index in [1.807, 2.05) is 18.2 Å². The van der Waals surface area contributed by atoms with Crippen molar-refractivity contribution >= 4 is 43.6 Å². The van der Waals surface area contributed by atoms with Gasteiger partial charge in [0.25, 0.3) is 5.75 Å². The first-order valence-electron chi connectivity index (χ1n) is 21.0. The van der Waals surface area contributed by atoms with E-state index >= 15 is 0 Å². The first-order chi connectivity index (χ1) is 29.0. The molecule has 2 aromatic heterocycles. The van der Waals surface area contributed by atoms with Gasteiger partial charge in [0.1, 0.15) is 11.5 Å². The number of phenols is 2. The van der Waals surface area contributed by atoms with Gasteiger partial charge in [-0.3, -0.25) is 0 Å². The molecule has 9 aromatic rings. The minimum Gasteiger partial charge on any atom is -0.582 e. The van der Waals surface area contributed by atoms with Crippen LogP contribution in [0.4, 0.5) is 0 Å². The zero-order valence-corrected chi connectivity index (χ0v) is 39.7. The van der Waals surface area contributed by atoms with E-state index in [4.69, 9.17) is 9.47 Å². The number of nitrogens with zero attached hydrogens (tertiary/aromatic N) is 2. The van der Waals surface area contributed by atoms with Crippen LogP contribution in [0, 0.1) is 28.7 Å². The molecule has 1 aliphatic rings. The molecule has 0 spiro atoms. The van der Waals surface area contributed by atoms with Crippen LogP contribution in [-0.4, -0.2) is 48.1 Å². The molecule has 4 N–H and O–H groups in total. The Morgan fingerprint density at radius 2 is 1.00 bits per heavy atom. The Morgan fingerprint density at radius 3 is 1.56 bits per heavy atom. The molecule has 314 valence electrons. The van der Waals surface area contributed by atoms with Crippen LogP contribution in [0.5, 0.6) is 17.2 Å². The molecule has 62 heavy (non-hydrogen) atoms. The molecular formula is C55H56HfN2O4. The van der Waals surface area contributed by atoms with Crippen molar-refractivity contribution in [3.05, 3.63) is 177 Å². The average Bonchev–Trinajstić information content (AvgIpc) is 3.78. The molecule has 1 aliphatic carbocycles.